The predicted molar refractivity (Wildman–Crippen MR) is 71.5 cm³/mol. The van der Waals surface area contributed by atoms with E-state index in [2.05, 4.69) is 44.3 Å². The van der Waals surface area contributed by atoms with Crippen LogP contribution >= 0.6 is 0 Å². The van der Waals surface area contributed by atoms with Gasteiger partial charge in [0.25, 0.3) is 0 Å². The first-order valence-electron chi connectivity index (χ1n) is 6.35. The highest BCUT2D eigenvalue weighted by Crippen LogP contribution is 2.26. The predicted octanol–water partition coefficient (Wildman–Crippen LogP) is 2.17. The van der Waals surface area contributed by atoms with Gasteiger partial charge in [-0.05, 0) is 28.5 Å². The Morgan fingerprint density at radius 3 is 2.67 bits per heavy atom. The maximum absolute atomic E-state index is 11.5. The average molecular weight is 247 g/mol. The summed E-state index contributed by atoms with van der Waals surface area (Å²) < 4.78 is 4.78. The van der Waals surface area contributed by atoms with Crippen molar-refractivity contribution in [1.29, 1.82) is 0 Å². The van der Waals surface area contributed by atoms with Gasteiger partial charge in [0, 0.05) is 6.54 Å². The van der Waals surface area contributed by atoms with Gasteiger partial charge in [-0.1, -0.05) is 39.0 Å². The fraction of sp³-hybridized carbons (Fsp3) is 0.533. The molecule has 0 aromatic heterocycles. The zero-order chi connectivity index (χ0) is 13.3. The van der Waals surface area contributed by atoms with Crippen molar-refractivity contribution in [3.63, 3.8) is 0 Å². The van der Waals surface area contributed by atoms with E-state index >= 15 is 0 Å². The minimum Gasteiger partial charge on any atom is -0.468 e. The molecule has 0 spiro atoms. The van der Waals surface area contributed by atoms with Crippen molar-refractivity contribution in [2.45, 2.75) is 45.2 Å². The van der Waals surface area contributed by atoms with Gasteiger partial charge < -0.3 is 10.1 Å². The minimum absolute atomic E-state index is 0.161. The van der Waals surface area contributed by atoms with Crippen molar-refractivity contribution in [2.75, 3.05) is 7.11 Å². The molecule has 0 saturated heterocycles. The van der Waals surface area contributed by atoms with Crippen molar-refractivity contribution in [3.8, 4) is 0 Å². The van der Waals surface area contributed by atoms with Gasteiger partial charge in [0.2, 0.25) is 0 Å². The highest BCUT2D eigenvalue weighted by Gasteiger charge is 2.25. The number of methoxy groups -OCH3 is 1. The molecule has 0 amide bonds. The van der Waals surface area contributed by atoms with Crippen LogP contribution in [0.4, 0.5) is 0 Å². The molecule has 0 aliphatic carbocycles. The first kappa shape index (κ1) is 13.1. The van der Waals surface area contributed by atoms with E-state index in [4.69, 9.17) is 4.74 Å². The van der Waals surface area contributed by atoms with E-state index < -0.39 is 0 Å². The lowest BCUT2D eigenvalue weighted by Crippen LogP contribution is -2.42. The summed E-state index contributed by atoms with van der Waals surface area (Å²) in [6.07, 6.45) is 0.715. The molecule has 1 heterocycles. The van der Waals surface area contributed by atoms with Crippen LogP contribution in [0.25, 0.3) is 0 Å². The Bertz CT molecular complexity index is 460. The van der Waals surface area contributed by atoms with Gasteiger partial charge in [0.1, 0.15) is 6.04 Å². The van der Waals surface area contributed by atoms with Crippen LogP contribution in [0.5, 0.6) is 0 Å². The van der Waals surface area contributed by atoms with E-state index in [1.165, 1.54) is 23.8 Å². The molecule has 0 bridgehead atoms. The molecule has 2 rings (SSSR count). The van der Waals surface area contributed by atoms with Crippen molar-refractivity contribution >= 4 is 5.97 Å². The van der Waals surface area contributed by atoms with Gasteiger partial charge in [0.05, 0.1) is 7.11 Å². The molecule has 1 atom stereocenters. The molecule has 1 aromatic rings. The maximum Gasteiger partial charge on any atom is 0.323 e. The van der Waals surface area contributed by atoms with Gasteiger partial charge in [-0.2, -0.15) is 0 Å². The molecule has 0 saturated carbocycles. The minimum atomic E-state index is -0.206. The van der Waals surface area contributed by atoms with Crippen LogP contribution in [0.15, 0.2) is 18.2 Å². The monoisotopic (exact) mass is 247 g/mol. The lowest BCUT2D eigenvalue weighted by atomic mass is 9.83. The molecule has 1 aromatic carbocycles. The molecule has 98 valence electrons. The van der Waals surface area contributed by atoms with Crippen molar-refractivity contribution in [1.82, 2.24) is 5.32 Å². The van der Waals surface area contributed by atoms with Crippen LogP contribution in [-0.2, 0) is 27.9 Å². The quantitative estimate of drug-likeness (QED) is 0.773. The van der Waals surface area contributed by atoms with E-state index in [0.717, 1.165) is 6.54 Å². The van der Waals surface area contributed by atoms with Gasteiger partial charge in [-0.25, -0.2) is 0 Å². The normalized spacial score (nSPS) is 19.2. The molecule has 1 aliphatic heterocycles. The molecule has 0 fully saturated rings. The number of hydrogen-bond donors (Lipinski definition) is 1. The molecular weight excluding hydrogens is 226 g/mol. The lowest BCUT2D eigenvalue weighted by molar-refractivity contribution is -0.143. The fourth-order valence-electron chi connectivity index (χ4n) is 2.29. The van der Waals surface area contributed by atoms with E-state index in [-0.39, 0.29) is 17.4 Å². The Kier molecular flexibility index (Phi) is 3.44. The zero-order valence-electron chi connectivity index (χ0n) is 11.5. The van der Waals surface area contributed by atoms with Crippen LogP contribution in [0.3, 0.4) is 0 Å². The van der Waals surface area contributed by atoms with Crippen molar-refractivity contribution in [2.24, 2.45) is 0 Å². The molecule has 1 N–H and O–H groups in total. The number of carbonyl (C=O) groups is 1. The summed E-state index contributed by atoms with van der Waals surface area (Å²) in [4.78, 5) is 11.5. The second-order valence-electron chi connectivity index (χ2n) is 5.89. The summed E-state index contributed by atoms with van der Waals surface area (Å²) >= 11 is 0. The number of hydrogen-bond acceptors (Lipinski definition) is 3. The van der Waals surface area contributed by atoms with Gasteiger partial charge >= 0.3 is 5.97 Å². The number of ether oxygens (including phenoxy) is 1. The third-order valence-corrected chi connectivity index (χ3v) is 3.52. The number of esters is 1. The van der Waals surface area contributed by atoms with Crippen molar-refractivity contribution < 1.29 is 9.53 Å². The second-order valence-corrected chi connectivity index (χ2v) is 5.89. The SMILES string of the molecule is COC(=O)C1Cc2ccc(C(C)(C)C)cc2CN1. The van der Waals surface area contributed by atoms with Crippen LogP contribution in [0.2, 0.25) is 0 Å². The number of benzene rings is 1. The lowest BCUT2D eigenvalue weighted by Gasteiger charge is -2.27. The van der Waals surface area contributed by atoms with Crippen LogP contribution in [-0.4, -0.2) is 19.1 Å². The highest BCUT2D eigenvalue weighted by molar-refractivity contribution is 5.76. The Morgan fingerprint density at radius 2 is 2.06 bits per heavy atom. The average Bonchev–Trinajstić information content (AvgIpc) is 2.35. The summed E-state index contributed by atoms with van der Waals surface area (Å²) in [5, 5.41) is 3.23. The largest absolute Gasteiger partial charge is 0.468 e. The van der Waals surface area contributed by atoms with E-state index in [0.29, 0.717) is 6.42 Å². The smallest absolute Gasteiger partial charge is 0.323 e. The standard InChI is InChI=1S/C15H21NO2/c1-15(2,3)12-6-5-10-8-13(14(17)18-4)16-9-11(10)7-12/h5-7,13,16H,8-9H2,1-4H3. The number of fused-ring (bicyclic) bond motifs is 1. The van der Waals surface area contributed by atoms with Gasteiger partial charge in [0.15, 0.2) is 0 Å². The topological polar surface area (TPSA) is 38.3 Å². The molecule has 3 nitrogen and oxygen atoms in total. The van der Waals surface area contributed by atoms with E-state index in [1.807, 2.05) is 0 Å². The number of carbonyl (C=O) groups excluding carboxylic acids is 1. The van der Waals surface area contributed by atoms with Crippen LogP contribution < -0.4 is 5.32 Å². The third-order valence-electron chi connectivity index (χ3n) is 3.52. The molecule has 0 radical (unpaired) electrons. The summed E-state index contributed by atoms with van der Waals surface area (Å²) in [6.45, 7) is 7.37. The summed E-state index contributed by atoms with van der Waals surface area (Å²) in [7, 11) is 1.43. The molecule has 1 unspecified atom stereocenters. The second kappa shape index (κ2) is 4.73. The Morgan fingerprint density at radius 1 is 1.33 bits per heavy atom. The number of nitrogens with one attached hydrogen (secondary N) is 1. The van der Waals surface area contributed by atoms with Gasteiger partial charge in [-0.3, -0.25) is 4.79 Å². The molecule has 18 heavy (non-hydrogen) atoms. The number of rotatable bonds is 1. The third kappa shape index (κ3) is 2.56. The van der Waals surface area contributed by atoms with Gasteiger partial charge in [-0.15, -0.1) is 0 Å². The van der Waals surface area contributed by atoms with Crippen LogP contribution in [0.1, 0.15) is 37.5 Å². The molecule has 1 aliphatic rings. The summed E-state index contributed by atoms with van der Waals surface area (Å²) in [6, 6.07) is 6.35. The van der Waals surface area contributed by atoms with E-state index in [9.17, 15) is 4.79 Å². The summed E-state index contributed by atoms with van der Waals surface area (Å²) in [5.74, 6) is -0.180. The first-order valence-corrected chi connectivity index (χ1v) is 6.35. The highest BCUT2D eigenvalue weighted by atomic mass is 16.5. The Balaban J connectivity index is 2.24. The Hall–Kier alpha value is -1.35. The fourth-order valence-corrected chi connectivity index (χ4v) is 2.29. The molecular formula is C15H21NO2. The maximum atomic E-state index is 11.5. The zero-order valence-corrected chi connectivity index (χ0v) is 11.5. The van der Waals surface area contributed by atoms with E-state index in [1.54, 1.807) is 0 Å². The first-order chi connectivity index (χ1) is 8.41. The summed E-state index contributed by atoms with van der Waals surface area (Å²) in [5.41, 5.74) is 4.04. The molecule has 3 heteroatoms. The van der Waals surface area contributed by atoms with Crippen molar-refractivity contribution in [3.05, 3.63) is 34.9 Å². The van der Waals surface area contributed by atoms with Crippen LogP contribution in [0, 0.1) is 0 Å². The Labute approximate surface area is 109 Å².